The minimum absolute atomic E-state index is 0.910. The molecular formula is C10H23N3O. The summed E-state index contributed by atoms with van der Waals surface area (Å²) in [6.07, 6.45) is 1.24. The van der Waals surface area contributed by atoms with Gasteiger partial charge in [0.05, 0.1) is 13.2 Å². The molecule has 2 N–H and O–H groups in total. The molecule has 0 aromatic carbocycles. The van der Waals surface area contributed by atoms with Gasteiger partial charge in [0.1, 0.15) is 0 Å². The quantitative estimate of drug-likeness (QED) is 0.545. The van der Waals surface area contributed by atoms with Crippen LogP contribution in [-0.2, 0) is 4.74 Å². The van der Waals surface area contributed by atoms with Gasteiger partial charge in [-0.15, -0.1) is 0 Å². The van der Waals surface area contributed by atoms with E-state index in [1.807, 2.05) is 7.05 Å². The molecule has 1 saturated heterocycles. The topological polar surface area (TPSA) is 36.5 Å². The van der Waals surface area contributed by atoms with E-state index in [2.05, 4.69) is 15.5 Å². The van der Waals surface area contributed by atoms with E-state index in [0.717, 1.165) is 45.9 Å². The van der Waals surface area contributed by atoms with Crippen LogP contribution in [0.1, 0.15) is 6.42 Å². The molecule has 4 heteroatoms. The number of morpholine rings is 1. The smallest absolute Gasteiger partial charge is 0.0594 e. The van der Waals surface area contributed by atoms with Crippen LogP contribution in [0.2, 0.25) is 0 Å². The first kappa shape index (κ1) is 11.9. The number of nitrogens with zero attached hydrogens (tertiary/aromatic N) is 1. The first-order chi connectivity index (χ1) is 6.93. The van der Waals surface area contributed by atoms with Crippen LogP contribution < -0.4 is 10.6 Å². The third-order valence-corrected chi connectivity index (χ3v) is 2.48. The summed E-state index contributed by atoms with van der Waals surface area (Å²) in [6.45, 7) is 8.49. The van der Waals surface area contributed by atoms with Gasteiger partial charge in [0.25, 0.3) is 0 Å². The van der Waals surface area contributed by atoms with E-state index < -0.39 is 0 Å². The zero-order valence-electron chi connectivity index (χ0n) is 9.22. The highest BCUT2D eigenvalue weighted by atomic mass is 16.5. The lowest BCUT2D eigenvalue weighted by molar-refractivity contribution is 0.0375. The van der Waals surface area contributed by atoms with Gasteiger partial charge >= 0.3 is 0 Å². The molecule has 0 saturated carbocycles. The first-order valence-corrected chi connectivity index (χ1v) is 5.59. The minimum Gasteiger partial charge on any atom is -0.379 e. The first-order valence-electron chi connectivity index (χ1n) is 5.59. The lowest BCUT2D eigenvalue weighted by Gasteiger charge is -2.26. The van der Waals surface area contributed by atoms with Gasteiger partial charge in [0.15, 0.2) is 0 Å². The van der Waals surface area contributed by atoms with Gasteiger partial charge in [-0.25, -0.2) is 0 Å². The predicted molar refractivity (Wildman–Crippen MR) is 58.7 cm³/mol. The molecular weight excluding hydrogens is 178 g/mol. The Morgan fingerprint density at radius 1 is 1.14 bits per heavy atom. The van der Waals surface area contributed by atoms with Gasteiger partial charge in [0, 0.05) is 26.2 Å². The largest absolute Gasteiger partial charge is 0.379 e. The van der Waals surface area contributed by atoms with Gasteiger partial charge in [-0.05, 0) is 26.6 Å². The molecule has 0 unspecified atom stereocenters. The SMILES string of the molecule is CNCCNCCCN1CCOCC1. The number of rotatable bonds is 7. The maximum atomic E-state index is 5.29. The van der Waals surface area contributed by atoms with Crippen molar-refractivity contribution in [3.05, 3.63) is 0 Å². The molecule has 0 aliphatic carbocycles. The second-order valence-corrected chi connectivity index (χ2v) is 3.66. The zero-order valence-corrected chi connectivity index (χ0v) is 9.22. The molecule has 0 bridgehead atoms. The number of hydrogen-bond acceptors (Lipinski definition) is 4. The minimum atomic E-state index is 0.910. The number of likely N-dealkylation sites (N-methyl/N-ethyl adjacent to an activating group) is 1. The Labute approximate surface area is 87.0 Å². The third kappa shape index (κ3) is 5.54. The molecule has 1 rings (SSSR count). The number of hydrogen-bond donors (Lipinski definition) is 2. The van der Waals surface area contributed by atoms with Crippen molar-refractivity contribution < 1.29 is 4.74 Å². The fourth-order valence-corrected chi connectivity index (χ4v) is 1.59. The summed E-state index contributed by atoms with van der Waals surface area (Å²) in [7, 11) is 1.98. The van der Waals surface area contributed by atoms with Crippen molar-refractivity contribution in [2.45, 2.75) is 6.42 Å². The number of nitrogens with one attached hydrogen (secondary N) is 2. The van der Waals surface area contributed by atoms with E-state index in [-0.39, 0.29) is 0 Å². The molecule has 1 aliphatic heterocycles. The molecule has 0 radical (unpaired) electrons. The monoisotopic (exact) mass is 201 g/mol. The zero-order chi connectivity index (χ0) is 10.1. The van der Waals surface area contributed by atoms with Crippen molar-refractivity contribution in [3.8, 4) is 0 Å². The van der Waals surface area contributed by atoms with Crippen LogP contribution in [0.3, 0.4) is 0 Å². The van der Waals surface area contributed by atoms with Gasteiger partial charge in [-0.2, -0.15) is 0 Å². The van der Waals surface area contributed by atoms with E-state index in [1.54, 1.807) is 0 Å². The highest BCUT2D eigenvalue weighted by molar-refractivity contribution is 4.62. The fraction of sp³-hybridized carbons (Fsp3) is 1.00. The van der Waals surface area contributed by atoms with Crippen LogP contribution in [0.15, 0.2) is 0 Å². The second-order valence-electron chi connectivity index (χ2n) is 3.66. The lowest BCUT2D eigenvalue weighted by Crippen LogP contribution is -2.38. The van der Waals surface area contributed by atoms with E-state index in [0.29, 0.717) is 0 Å². The van der Waals surface area contributed by atoms with Crippen LogP contribution >= 0.6 is 0 Å². The van der Waals surface area contributed by atoms with Gasteiger partial charge in [-0.1, -0.05) is 0 Å². The van der Waals surface area contributed by atoms with Crippen LogP contribution in [0.5, 0.6) is 0 Å². The highest BCUT2D eigenvalue weighted by Gasteiger charge is 2.08. The van der Waals surface area contributed by atoms with Crippen molar-refractivity contribution >= 4 is 0 Å². The van der Waals surface area contributed by atoms with Crippen molar-refractivity contribution in [1.82, 2.24) is 15.5 Å². The summed E-state index contributed by atoms with van der Waals surface area (Å²) >= 11 is 0. The summed E-state index contributed by atoms with van der Waals surface area (Å²) < 4.78 is 5.29. The van der Waals surface area contributed by atoms with Crippen LogP contribution in [0, 0.1) is 0 Å². The summed E-state index contributed by atoms with van der Waals surface area (Å²) in [5.74, 6) is 0. The Kier molecular flexibility index (Phi) is 6.95. The van der Waals surface area contributed by atoms with Crippen molar-refractivity contribution in [1.29, 1.82) is 0 Å². The van der Waals surface area contributed by atoms with Crippen molar-refractivity contribution in [2.75, 3.05) is 59.5 Å². The Bertz CT molecular complexity index is 127. The third-order valence-electron chi connectivity index (χ3n) is 2.48. The Morgan fingerprint density at radius 2 is 1.93 bits per heavy atom. The average molecular weight is 201 g/mol. The molecule has 14 heavy (non-hydrogen) atoms. The van der Waals surface area contributed by atoms with Gasteiger partial charge in [-0.3, -0.25) is 4.90 Å². The van der Waals surface area contributed by atoms with Crippen LogP contribution in [0.25, 0.3) is 0 Å². The maximum Gasteiger partial charge on any atom is 0.0594 e. The highest BCUT2D eigenvalue weighted by Crippen LogP contribution is 1.96. The lowest BCUT2D eigenvalue weighted by atomic mass is 10.3. The van der Waals surface area contributed by atoms with Crippen LogP contribution in [-0.4, -0.2) is 64.4 Å². The standard InChI is InChI=1S/C10H23N3O/c1-11-4-5-12-3-2-6-13-7-9-14-10-8-13/h11-12H,2-10H2,1H3. The molecule has 0 spiro atoms. The van der Waals surface area contributed by atoms with E-state index in [1.165, 1.54) is 13.0 Å². The molecule has 0 aromatic rings. The summed E-state index contributed by atoms with van der Waals surface area (Å²) in [6, 6.07) is 0. The average Bonchev–Trinajstić information content (AvgIpc) is 2.25. The molecule has 0 amide bonds. The summed E-state index contributed by atoms with van der Waals surface area (Å²) in [4.78, 5) is 2.48. The molecule has 0 atom stereocenters. The van der Waals surface area contributed by atoms with Gasteiger partial charge < -0.3 is 15.4 Å². The Balaban J connectivity index is 1.82. The summed E-state index contributed by atoms with van der Waals surface area (Å²) in [5, 5.41) is 6.52. The normalized spacial score (nSPS) is 18.6. The van der Waals surface area contributed by atoms with E-state index >= 15 is 0 Å². The maximum absolute atomic E-state index is 5.29. The summed E-state index contributed by atoms with van der Waals surface area (Å²) in [5.41, 5.74) is 0. The van der Waals surface area contributed by atoms with Crippen molar-refractivity contribution in [3.63, 3.8) is 0 Å². The number of ether oxygens (including phenoxy) is 1. The molecule has 0 aromatic heterocycles. The molecule has 1 aliphatic rings. The molecule has 84 valence electrons. The van der Waals surface area contributed by atoms with E-state index in [4.69, 9.17) is 4.74 Å². The predicted octanol–water partition coefficient (Wildman–Crippen LogP) is -0.482. The molecule has 1 heterocycles. The van der Waals surface area contributed by atoms with E-state index in [9.17, 15) is 0 Å². The van der Waals surface area contributed by atoms with Crippen LogP contribution in [0.4, 0.5) is 0 Å². The fourth-order valence-electron chi connectivity index (χ4n) is 1.59. The molecule has 4 nitrogen and oxygen atoms in total. The van der Waals surface area contributed by atoms with Crippen molar-refractivity contribution in [2.24, 2.45) is 0 Å². The van der Waals surface area contributed by atoms with Gasteiger partial charge in [0.2, 0.25) is 0 Å². The Morgan fingerprint density at radius 3 is 2.64 bits per heavy atom. The second kappa shape index (κ2) is 8.17. The molecule has 1 fully saturated rings. The Hall–Kier alpha value is -0.160.